The molecule has 1 aliphatic carbocycles. The number of anilines is 1. The van der Waals surface area contributed by atoms with Crippen LogP contribution in [0.2, 0.25) is 0 Å². The molecule has 0 spiro atoms. The molecule has 11 heteroatoms. The lowest BCUT2D eigenvalue weighted by Crippen LogP contribution is -2.26. The Balaban J connectivity index is 1.41. The van der Waals surface area contributed by atoms with E-state index in [1.165, 1.54) is 6.07 Å². The first-order valence-electron chi connectivity index (χ1n) is 12.5. The molecular formula is C26H30F2N6O3. The first kappa shape index (κ1) is 25.1. The number of nitrogens with one attached hydrogen (secondary N) is 1. The van der Waals surface area contributed by atoms with E-state index in [9.17, 15) is 19.0 Å². The molecule has 0 amide bonds. The number of aromatic nitrogens is 5. The molecule has 3 aromatic heterocycles. The van der Waals surface area contributed by atoms with E-state index in [1.54, 1.807) is 23.3 Å². The zero-order chi connectivity index (χ0) is 25.9. The second kappa shape index (κ2) is 10.8. The Morgan fingerprint density at radius 2 is 1.86 bits per heavy atom. The van der Waals surface area contributed by atoms with Crippen molar-refractivity contribution in [1.82, 2.24) is 24.5 Å². The Morgan fingerprint density at radius 3 is 2.57 bits per heavy atom. The van der Waals surface area contributed by atoms with Crippen molar-refractivity contribution in [3.8, 4) is 17.0 Å². The maximum absolute atomic E-state index is 13.6. The van der Waals surface area contributed by atoms with Crippen molar-refractivity contribution in [2.75, 3.05) is 25.1 Å². The summed E-state index contributed by atoms with van der Waals surface area (Å²) in [6.45, 7) is 2.30. The van der Waals surface area contributed by atoms with Gasteiger partial charge in [0.05, 0.1) is 43.1 Å². The molecule has 1 fully saturated rings. The molecule has 1 saturated carbocycles. The molecule has 0 atom stereocenters. The van der Waals surface area contributed by atoms with Crippen LogP contribution in [0.5, 0.6) is 5.75 Å². The van der Waals surface area contributed by atoms with Crippen LogP contribution >= 0.6 is 0 Å². The number of benzene rings is 1. The standard InChI is InChI=1S/C26H30F2N6O3/c1-2-29-25-10-24-21(12-30-25)26(16-11-31-33(13-16)18(14-35)15-36)32-34(24)17-3-5-19(6-4-17)37-20-7-8-22(27)23(28)9-20/h7-13,17-19,35-36H,2-6,14-15H2,1H3,(H,29,30)/t17-,19+. The van der Waals surface area contributed by atoms with Gasteiger partial charge < -0.3 is 20.3 Å². The van der Waals surface area contributed by atoms with Crippen LogP contribution in [0.25, 0.3) is 22.2 Å². The second-order valence-electron chi connectivity index (χ2n) is 9.26. The largest absolute Gasteiger partial charge is 0.490 e. The Kier molecular flexibility index (Phi) is 7.33. The average molecular weight is 513 g/mol. The number of nitrogens with zero attached hydrogens (tertiary/aromatic N) is 5. The van der Waals surface area contributed by atoms with Crippen molar-refractivity contribution < 1.29 is 23.7 Å². The maximum atomic E-state index is 13.6. The Bertz CT molecular complexity index is 1360. The quantitative estimate of drug-likeness (QED) is 0.310. The molecule has 0 saturated heterocycles. The number of hydrogen-bond donors (Lipinski definition) is 3. The van der Waals surface area contributed by atoms with E-state index in [4.69, 9.17) is 9.84 Å². The van der Waals surface area contributed by atoms with Crippen molar-refractivity contribution in [2.24, 2.45) is 0 Å². The molecule has 0 aliphatic heterocycles. The molecule has 37 heavy (non-hydrogen) atoms. The third kappa shape index (κ3) is 5.14. The van der Waals surface area contributed by atoms with Crippen LogP contribution in [0.3, 0.4) is 0 Å². The van der Waals surface area contributed by atoms with Crippen LogP contribution in [0.15, 0.2) is 42.9 Å². The van der Waals surface area contributed by atoms with Gasteiger partial charge in [0.1, 0.15) is 17.3 Å². The number of aliphatic hydroxyl groups excluding tert-OH is 2. The fraction of sp³-hybridized carbons (Fsp3) is 0.423. The number of fused-ring (bicyclic) bond motifs is 1. The predicted molar refractivity (Wildman–Crippen MR) is 134 cm³/mol. The number of pyridine rings is 1. The van der Waals surface area contributed by atoms with Gasteiger partial charge in [0, 0.05) is 42.0 Å². The minimum absolute atomic E-state index is 0.0893. The highest BCUT2D eigenvalue weighted by Crippen LogP contribution is 2.36. The molecule has 9 nitrogen and oxygen atoms in total. The summed E-state index contributed by atoms with van der Waals surface area (Å²) in [4.78, 5) is 4.54. The summed E-state index contributed by atoms with van der Waals surface area (Å²) in [5, 5.41) is 32.5. The summed E-state index contributed by atoms with van der Waals surface area (Å²) in [6, 6.07) is 5.21. The summed E-state index contributed by atoms with van der Waals surface area (Å²) in [5.41, 5.74) is 2.44. The molecular weight excluding hydrogens is 482 g/mol. The van der Waals surface area contributed by atoms with Gasteiger partial charge in [-0.05, 0) is 44.7 Å². The minimum atomic E-state index is -0.917. The average Bonchev–Trinajstić information content (AvgIpc) is 3.53. The van der Waals surface area contributed by atoms with E-state index in [-0.39, 0.29) is 25.4 Å². The van der Waals surface area contributed by atoms with Gasteiger partial charge in [0.15, 0.2) is 11.6 Å². The van der Waals surface area contributed by atoms with Crippen LogP contribution in [0.1, 0.15) is 44.7 Å². The SMILES string of the molecule is CCNc1cc2c(cn1)c(-c1cnn(C(CO)CO)c1)nn2[C@H]1CC[C@@H](Oc2ccc(F)c(F)c2)CC1. The topological polar surface area (TPSA) is 110 Å². The Morgan fingerprint density at radius 1 is 1.08 bits per heavy atom. The van der Waals surface area contributed by atoms with Crippen molar-refractivity contribution in [2.45, 2.75) is 50.8 Å². The van der Waals surface area contributed by atoms with E-state index in [2.05, 4.69) is 15.4 Å². The molecule has 0 radical (unpaired) electrons. The molecule has 1 aromatic carbocycles. The maximum Gasteiger partial charge on any atom is 0.162 e. The molecule has 0 unspecified atom stereocenters. The lowest BCUT2D eigenvalue weighted by atomic mass is 9.93. The summed E-state index contributed by atoms with van der Waals surface area (Å²) >= 11 is 0. The summed E-state index contributed by atoms with van der Waals surface area (Å²) < 4.78 is 36.3. The third-order valence-corrected chi connectivity index (χ3v) is 6.80. The number of aliphatic hydroxyl groups is 2. The van der Waals surface area contributed by atoms with E-state index in [0.717, 1.165) is 72.3 Å². The van der Waals surface area contributed by atoms with Crippen LogP contribution in [0.4, 0.5) is 14.6 Å². The van der Waals surface area contributed by atoms with Gasteiger partial charge in [-0.1, -0.05) is 0 Å². The van der Waals surface area contributed by atoms with E-state index < -0.39 is 17.7 Å². The van der Waals surface area contributed by atoms with Gasteiger partial charge in [-0.25, -0.2) is 13.8 Å². The van der Waals surface area contributed by atoms with Crippen LogP contribution < -0.4 is 10.1 Å². The van der Waals surface area contributed by atoms with Crippen molar-refractivity contribution in [1.29, 1.82) is 0 Å². The van der Waals surface area contributed by atoms with Crippen molar-refractivity contribution in [3.05, 3.63) is 54.5 Å². The minimum Gasteiger partial charge on any atom is -0.490 e. The van der Waals surface area contributed by atoms with Gasteiger partial charge >= 0.3 is 0 Å². The molecule has 3 heterocycles. The number of halogens is 2. The zero-order valence-electron chi connectivity index (χ0n) is 20.5. The summed E-state index contributed by atoms with van der Waals surface area (Å²) in [5.74, 6) is -0.719. The highest BCUT2D eigenvalue weighted by atomic mass is 19.2. The fourth-order valence-corrected chi connectivity index (χ4v) is 4.84. The van der Waals surface area contributed by atoms with Crippen molar-refractivity contribution >= 4 is 16.7 Å². The van der Waals surface area contributed by atoms with Gasteiger partial charge in [-0.3, -0.25) is 9.36 Å². The summed E-state index contributed by atoms with van der Waals surface area (Å²) in [6.07, 6.45) is 8.27. The highest BCUT2D eigenvalue weighted by Gasteiger charge is 2.27. The van der Waals surface area contributed by atoms with E-state index >= 15 is 0 Å². The first-order valence-corrected chi connectivity index (χ1v) is 12.5. The monoisotopic (exact) mass is 512 g/mol. The van der Waals surface area contributed by atoms with Gasteiger partial charge in [-0.15, -0.1) is 0 Å². The van der Waals surface area contributed by atoms with E-state index in [0.29, 0.717) is 5.75 Å². The Hall–Kier alpha value is -3.57. The molecule has 3 N–H and O–H groups in total. The van der Waals surface area contributed by atoms with Gasteiger partial charge in [0.2, 0.25) is 0 Å². The molecule has 0 bridgehead atoms. The van der Waals surface area contributed by atoms with Crippen LogP contribution in [-0.2, 0) is 0 Å². The first-order chi connectivity index (χ1) is 18.0. The lowest BCUT2D eigenvalue weighted by molar-refractivity contribution is 0.130. The third-order valence-electron chi connectivity index (χ3n) is 6.80. The normalized spacial score (nSPS) is 18.0. The van der Waals surface area contributed by atoms with Crippen molar-refractivity contribution in [3.63, 3.8) is 0 Å². The number of ether oxygens (including phenoxy) is 1. The molecule has 1 aliphatic rings. The molecule has 4 aromatic rings. The lowest BCUT2D eigenvalue weighted by Gasteiger charge is -2.29. The Labute approximate surface area is 212 Å². The second-order valence-corrected chi connectivity index (χ2v) is 9.26. The molecule has 196 valence electrons. The van der Waals surface area contributed by atoms with Gasteiger partial charge in [-0.2, -0.15) is 10.2 Å². The van der Waals surface area contributed by atoms with Crippen LogP contribution in [0, 0.1) is 11.6 Å². The highest BCUT2D eigenvalue weighted by molar-refractivity contribution is 5.93. The zero-order valence-corrected chi connectivity index (χ0v) is 20.5. The summed E-state index contributed by atoms with van der Waals surface area (Å²) in [7, 11) is 0. The number of hydrogen-bond acceptors (Lipinski definition) is 7. The predicted octanol–water partition coefficient (Wildman–Crippen LogP) is 4.09. The van der Waals surface area contributed by atoms with Gasteiger partial charge in [0.25, 0.3) is 0 Å². The van der Waals surface area contributed by atoms with Crippen LogP contribution in [-0.4, -0.2) is 60.6 Å². The molecule has 5 rings (SSSR count). The van der Waals surface area contributed by atoms with E-state index in [1.807, 2.05) is 17.7 Å². The number of rotatable bonds is 9. The smallest absolute Gasteiger partial charge is 0.162 e. The fourth-order valence-electron chi connectivity index (χ4n) is 4.84.